The molecule has 0 spiro atoms. The van der Waals surface area contributed by atoms with Crippen molar-refractivity contribution in [1.29, 1.82) is 0 Å². The van der Waals surface area contributed by atoms with Crippen LogP contribution in [0.4, 0.5) is 17.1 Å². The maximum Gasteiger partial charge on any atom is 0.273 e. The third-order valence-corrected chi connectivity index (χ3v) is 2.25. The molecule has 1 aromatic rings. The van der Waals surface area contributed by atoms with Crippen LogP contribution in [0.25, 0.3) is 0 Å². The zero-order valence-corrected chi connectivity index (χ0v) is 10.2. The highest BCUT2D eigenvalue weighted by Gasteiger charge is 2.10. The molecule has 1 aromatic carbocycles. The molecule has 6 nitrogen and oxygen atoms in total. The number of nitro benzene ring substituents is 1. The van der Waals surface area contributed by atoms with E-state index in [2.05, 4.69) is 10.6 Å². The molecule has 0 fully saturated rings. The average Bonchev–Trinajstić information content (AvgIpc) is 2.28. The summed E-state index contributed by atoms with van der Waals surface area (Å²) in [6.45, 7) is 2.49. The molecule has 0 aliphatic rings. The molecule has 17 heavy (non-hydrogen) atoms. The van der Waals surface area contributed by atoms with Crippen molar-refractivity contribution in [3.63, 3.8) is 0 Å². The lowest BCUT2D eigenvalue weighted by atomic mass is 10.2. The van der Waals surface area contributed by atoms with Gasteiger partial charge in [-0.05, 0) is 13.0 Å². The Bertz CT molecular complexity index is 396. The van der Waals surface area contributed by atoms with Gasteiger partial charge >= 0.3 is 0 Å². The maximum atomic E-state index is 10.8. The molecule has 0 aliphatic carbocycles. The number of hydrogen-bond acceptors (Lipinski definition) is 5. The Hall–Kier alpha value is -1.82. The smallest absolute Gasteiger partial charge is 0.273 e. The van der Waals surface area contributed by atoms with Gasteiger partial charge in [0.05, 0.1) is 11.5 Å². The van der Waals surface area contributed by atoms with Crippen LogP contribution in [0.1, 0.15) is 6.92 Å². The third kappa shape index (κ3) is 3.92. The number of nitrogens with zero attached hydrogens (tertiary/aromatic N) is 1. The summed E-state index contributed by atoms with van der Waals surface area (Å²) in [4.78, 5) is 10.3. The van der Waals surface area contributed by atoms with E-state index in [1.807, 2.05) is 13.0 Å². The summed E-state index contributed by atoms with van der Waals surface area (Å²) in [5, 5.41) is 16.8. The molecule has 0 heterocycles. The topological polar surface area (TPSA) is 76.4 Å². The molecule has 0 amide bonds. The van der Waals surface area contributed by atoms with Crippen molar-refractivity contribution in [2.24, 2.45) is 0 Å². The Balaban J connectivity index is 2.90. The largest absolute Gasteiger partial charge is 0.388 e. The number of benzene rings is 1. The lowest BCUT2D eigenvalue weighted by Crippen LogP contribution is -2.20. The second-order valence-electron chi connectivity index (χ2n) is 3.78. The molecular weight excluding hydrogens is 222 g/mol. The minimum atomic E-state index is -0.410. The normalized spacial score (nSPS) is 11.9. The van der Waals surface area contributed by atoms with Crippen molar-refractivity contribution in [2.45, 2.75) is 13.0 Å². The van der Waals surface area contributed by atoms with E-state index < -0.39 is 4.92 Å². The molecule has 0 bridgehead atoms. The van der Waals surface area contributed by atoms with E-state index in [1.165, 1.54) is 12.1 Å². The van der Waals surface area contributed by atoms with Gasteiger partial charge in [-0.1, -0.05) is 0 Å². The Morgan fingerprint density at radius 2 is 2.06 bits per heavy atom. The van der Waals surface area contributed by atoms with Gasteiger partial charge in [-0.15, -0.1) is 0 Å². The van der Waals surface area contributed by atoms with Crippen LogP contribution in [-0.4, -0.2) is 31.7 Å². The fourth-order valence-corrected chi connectivity index (χ4v) is 1.52. The third-order valence-electron chi connectivity index (χ3n) is 2.25. The first-order chi connectivity index (χ1) is 8.06. The number of non-ortho nitro benzene ring substituents is 1. The van der Waals surface area contributed by atoms with Gasteiger partial charge in [-0.2, -0.15) is 0 Å². The summed E-state index contributed by atoms with van der Waals surface area (Å²) in [6, 6.07) is 4.91. The number of nitro groups is 1. The van der Waals surface area contributed by atoms with Gasteiger partial charge in [0.15, 0.2) is 0 Å². The summed E-state index contributed by atoms with van der Waals surface area (Å²) in [6.07, 6.45) is 0. The summed E-state index contributed by atoms with van der Waals surface area (Å²) < 4.78 is 5.00. The Kier molecular flexibility index (Phi) is 4.71. The van der Waals surface area contributed by atoms with Crippen LogP contribution in [0.15, 0.2) is 18.2 Å². The molecule has 6 heteroatoms. The molecular formula is C11H17N3O3. The molecule has 0 aromatic heterocycles. The number of methoxy groups -OCH3 is 1. The lowest BCUT2D eigenvalue weighted by molar-refractivity contribution is -0.384. The van der Waals surface area contributed by atoms with E-state index in [0.29, 0.717) is 18.0 Å². The van der Waals surface area contributed by atoms with E-state index >= 15 is 0 Å². The van der Waals surface area contributed by atoms with E-state index in [9.17, 15) is 10.1 Å². The van der Waals surface area contributed by atoms with Crippen molar-refractivity contribution >= 4 is 17.1 Å². The predicted octanol–water partition coefficient (Wildman–Crippen LogP) is 2.08. The Morgan fingerprint density at radius 3 is 2.59 bits per heavy atom. The van der Waals surface area contributed by atoms with Gasteiger partial charge in [-0.3, -0.25) is 10.1 Å². The van der Waals surface area contributed by atoms with Crippen molar-refractivity contribution in [1.82, 2.24) is 0 Å². The summed E-state index contributed by atoms with van der Waals surface area (Å²) >= 11 is 0. The average molecular weight is 239 g/mol. The fraction of sp³-hybridized carbons (Fsp3) is 0.455. The minimum absolute atomic E-state index is 0.0592. The minimum Gasteiger partial charge on any atom is -0.388 e. The van der Waals surface area contributed by atoms with Crippen molar-refractivity contribution in [3.05, 3.63) is 28.3 Å². The standard InChI is InChI=1S/C11H17N3O3/c1-8(7-17-3)13-10-4-9(12-2)5-11(6-10)14(15)16/h4-6,8,12-13H,7H2,1-3H3. The molecule has 0 saturated heterocycles. The first-order valence-electron chi connectivity index (χ1n) is 5.29. The van der Waals surface area contributed by atoms with E-state index in [-0.39, 0.29) is 11.7 Å². The summed E-state index contributed by atoms with van der Waals surface area (Å²) in [7, 11) is 3.34. The fourth-order valence-electron chi connectivity index (χ4n) is 1.52. The summed E-state index contributed by atoms with van der Waals surface area (Å²) in [5.41, 5.74) is 1.46. The molecule has 1 rings (SSSR count). The monoisotopic (exact) mass is 239 g/mol. The number of hydrogen-bond donors (Lipinski definition) is 2. The molecule has 0 saturated carbocycles. The highest BCUT2D eigenvalue weighted by Crippen LogP contribution is 2.24. The van der Waals surface area contributed by atoms with Gasteiger partial charge in [-0.25, -0.2) is 0 Å². The van der Waals surface area contributed by atoms with E-state index in [1.54, 1.807) is 14.2 Å². The van der Waals surface area contributed by atoms with Crippen molar-refractivity contribution in [2.75, 3.05) is 31.4 Å². The molecule has 2 N–H and O–H groups in total. The lowest BCUT2D eigenvalue weighted by Gasteiger charge is -2.14. The van der Waals surface area contributed by atoms with Crippen LogP contribution >= 0.6 is 0 Å². The van der Waals surface area contributed by atoms with Crippen molar-refractivity contribution in [3.8, 4) is 0 Å². The SMILES string of the molecule is CNc1cc(NC(C)COC)cc([N+](=O)[O-])c1. The number of rotatable bonds is 6. The second kappa shape index (κ2) is 6.05. The first kappa shape index (κ1) is 13.2. The second-order valence-corrected chi connectivity index (χ2v) is 3.78. The number of nitrogens with one attached hydrogen (secondary N) is 2. The zero-order chi connectivity index (χ0) is 12.8. The quantitative estimate of drug-likeness (QED) is 0.587. The van der Waals surface area contributed by atoms with Gasteiger partial charge in [0.1, 0.15) is 0 Å². The molecule has 0 radical (unpaired) electrons. The van der Waals surface area contributed by atoms with E-state index in [4.69, 9.17) is 4.74 Å². The number of anilines is 2. The van der Waals surface area contributed by atoms with Crippen LogP contribution in [0, 0.1) is 10.1 Å². The highest BCUT2D eigenvalue weighted by atomic mass is 16.6. The van der Waals surface area contributed by atoms with Crippen LogP contribution < -0.4 is 10.6 Å². The van der Waals surface area contributed by atoms with Crippen molar-refractivity contribution < 1.29 is 9.66 Å². The van der Waals surface area contributed by atoms with Crippen LogP contribution in [0.2, 0.25) is 0 Å². The maximum absolute atomic E-state index is 10.8. The van der Waals surface area contributed by atoms with Gasteiger partial charge in [0, 0.05) is 43.7 Å². The summed E-state index contributed by atoms with van der Waals surface area (Å²) in [5.74, 6) is 0. The Morgan fingerprint density at radius 1 is 1.41 bits per heavy atom. The first-order valence-corrected chi connectivity index (χ1v) is 5.29. The van der Waals surface area contributed by atoms with Gasteiger partial charge in [0.2, 0.25) is 0 Å². The molecule has 94 valence electrons. The molecule has 1 atom stereocenters. The van der Waals surface area contributed by atoms with Crippen LogP contribution in [-0.2, 0) is 4.74 Å². The highest BCUT2D eigenvalue weighted by molar-refractivity contribution is 5.63. The molecule has 0 aliphatic heterocycles. The zero-order valence-electron chi connectivity index (χ0n) is 10.2. The molecule has 1 unspecified atom stereocenters. The van der Waals surface area contributed by atoms with E-state index in [0.717, 1.165) is 0 Å². The number of ether oxygens (including phenoxy) is 1. The van der Waals surface area contributed by atoms with Gasteiger partial charge < -0.3 is 15.4 Å². The van der Waals surface area contributed by atoms with Crippen LogP contribution in [0.5, 0.6) is 0 Å². The van der Waals surface area contributed by atoms with Gasteiger partial charge in [0.25, 0.3) is 5.69 Å². The predicted molar refractivity (Wildman–Crippen MR) is 67.6 cm³/mol. The van der Waals surface area contributed by atoms with Crippen LogP contribution in [0.3, 0.4) is 0 Å². The Labute approximate surface area is 100 Å².